The second kappa shape index (κ2) is 9.05. The number of aromatic nitrogens is 5. The predicted molar refractivity (Wildman–Crippen MR) is 108 cm³/mol. The molecule has 0 bridgehead atoms. The van der Waals surface area contributed by atoms with Crippen molar-refractivity contribution in [3.63, 3.8) is 0 Å². The third kappa shape index (κ3) is 4.93. The highest BCUT2D eigenvalue weighted by molar-refractivity contribution is 7.99. The molecule has 1 aromatic carbocycles. The van der Waals surface area contributed by atoms with Crippen LogP contribution in [0.15, 0.2) is 51.5 Å². The van der Waals surface area contributed by atoms with Gasteiger partial charge in [0.1, 0.15) is 18.2 Å². The van der Waals surface area contributed by atoms with Gasteiger partial charge in [-0.2, -0.15) is 4.98 Å². The van der Waals surface area contributed by atoms with Crippen LogP contribution in [0.5, 0.6) is 5.75 Å². The SMILES string of the molecule is Nn1c(COc2ccc(F)cc2)nnc1SCCCc1nc(-c2cccs2)no1. The maximum absolute atomic E-state index is 12.9. The first-order chi connectivity index (χ1) is 14.2. The lowest BCUT2D eigenvalue weighted by Crippen LogP contribution is -2.15. The van der Waals surface area contributed by atoms with Gasteiger partial charge >= 0.3 is 0 Å². The number of thiophene rings is 1. The lowest BCUT2D eigenvalue weighted by Gasteiger charge is -2.06. The van der Waals surface area contributed by atoms with Gasteiger partial charge in [-0.1, -0.05) is 23.0 Å². The summed E-state index contributed by atoms with van der Waals surface area (Å²) in [6, 6.07) is 9.66. The molecule has 0 saturated carbocycles. The number of aryl methyl sites for hydroxylation is 1. The molecule has 0 aliphatic heterocycles. The molecule has 3 heterocycles. The van der Waals surface area contributed by atoms with E-state index in [1.165, 1.54) is 28.6 Å². The summed E-state index contributed by atoms with van der Waals surface area (Å²) in [6.07, 6.45) is 1.50. The van der Waals surface area contributed by atoms with Crippen molar-refractivity contribution in [1.29, 1.82) is 0 Å². The summed E-state index contributed by atoms with van der Waals surface area (Å²) in [5.74, 6) is 8.73. The summed E-state index contributed by atoms with van der Waals surface area (Å²) in [7, 11) is 0. The molecule has 150 valence electrons. The van der Waals surface area contributed by atoms with Crippen molar-refractivity contribution in [3.05, 3.63) is 59.3 Å². The van der Waals surface area contributed by atoms with Crippen molar-refractivity contribution in [3.8, 4) is 16.5 Å². The molecule has 0 atom stereocenters. The molecular weight excluding hydrogens is 415 g/mol. The van der Waals surface area contributed by atoms with Gasteiger partial charge in [-0.25, -0.2) is 9.07 Å². The molecule has 29 heavy (non-hydrogen) atoms. The van der Waals surface area contributed by atoms with Crippen LogP contribution in [0.3, 0.4) is 0 Å². The van der Waals surface area contributed by atoms with E-state index < -0.39 is 0 Å². The molecule has 0 aliphatic carbocycles. The number of benzene rings is 1. The number of hydrogen-bond donors (Lipinski definition) is 1. The van der Waals surface area contributed by atoms with Crippen LogP contribution in [0.4, 0.5) is 4.39 Å². The molecule has 3 aromatic heterocycles. The Hall–Kier alpha value is -2.92. The quantitative estimate of drug-likeness (QED) is 0.243. The van der Waals surface area contributed by atoms with Crippen LogP contribution < -0.4 is 10.6 Å². The number of halogens is 1. The maximum Gasteiger partial charge on any atom is 0.227 e. The van der Waals surface area contributed by atoms with E-state index in [0.717, 1.165) is 17.1 Å². The van der Waals surface area contributed by atoms with Crippen LogP contribution in [-0.2, 0) is 13.0 Å². The second-order valence-electron chi connectivity index (χ2n) is 5.95. The van der Waals surface area contributed by atoms with Gasteiger partial charge in [0.25, 0.3) is 0 Å². The molecule has 0 aliphatic rings. The fourth-order valence-corrected chi connectivity index (χ4v) is 3.90. The Kier molecular flexibility index (Phi) is 6.06. The number of hydrogen-bond acceptors (Lipinski definition) is 9. The zero-order valence-corrected chi connectivity index (χ0v) is 16.8. The summed E-state index contributed by atoms with van der Waals surface area (Å²) < 4.78 is 25.2. The van der Waals surface area contributed by atoms with Crippen molar-refractivity contribution in [1.82, 2.24) is 25.0 Å². The number of nitrogens with two attached hydrogens (primary N) is 1. The van der Waals surface area contributed by atoms with Crippen LogP contribution in [-0.4, -0.2) is 30.8 Å². The van der Waals surface area contributed by atoms with E-state index in [1.54, 1.807) is 23.5 Å². The Bertz CT molecular complexity index is 1050. The van der Waals surface area contributed by atoms with E-state index in [9.17, 15) is 4.39 Å². The average molecular weight is 433 g/mol. The van der Waals surface area contributed by atoms with Gasteiger partial charge in [-0.3, -0.25) is 0 Å². The molecule has 0 radical (unpaired) electrons. The molecule has 0 saturated heterocycles. The summed E-state index contributed by atoms with van der Waals surface area (Å²) in [4.78, 5) is 5.39. The number of rotatable bonds is 9. The van der Waals surface area contributed by atoms with Crippen molar-refractivity contribution >= 4 is 23.1 Å². The van der Waals surface area contributed by atoms with E-state index in [-0.39, 0.29) is 12.4 Å². The molecule has 0 spiro atoms. The highest BCUT2D eigenvalue weighted by Gasteiger charge is 2.12. The summed E-state index contributed by atoms with van der Waals surface area (Å²) in [5.41, 5.74) is 0. The Balaban J connectivity index is 1.23. The number of nitrogen functional groups attached to an aromatic ring is 1. The first kappa shape index (κ1) is 19.4. The van der Waals surface area contributed by atoms with Crippen LogP contribution in [0.25, 0.3) is 10.7 Å². The van der Waals surface area contributed by atoms with Gasteiger partial charge in [0.05, 0.1) is 4.88 Å². The predicted octanol–water partition coefficient (Wildman–Crippen LogP) is 3.55. The van der Waals surface area contributed by atoms with Gasteiger partial charge in [-0.05, 0) is 42.1 Å². The fourth-order valence-electron chi connectivity index (χ4n) is 2.43. The van der Waals surface area contributed by atoms with Crippen molar-refractivity contribution in [2.24, 2.45) is 0 Å². The minimum Gasteiger partial charge on any atom is -0.486 e. The minimum atomic E-state index is -0.318. The number of ether oxygens (including phenoxy) is 1. The molecule has 8 nitrogen and oxygen atoms in total. The zero-order chi connectivity index (χ0) is 20.1. The summed E-state index contributed by atoms with van der Waals surface area (Å²) >= 11 is 3.06. The molecule has 0 fully saturated rings. The fraction of sp³-hybridized carbons (Fsp3) is 0.222. The van der Waals surface area contributed by atoms with Crippen molar-refractivity contribution in [2.45, 2.75) is 24.6 Å². The minimum absolute atomic E-state index is 0.142. The van der Waals surface area contributed by atoms with E-state index in [4.69, 9.17) is 15.1 Å². The normalized spacial score (nSPS) is 11.1. The average Bonchev–Trinajstić information content (AvgIpc) is 3.47. The molecule has 2 N–H and O–H groups in total. The zero-order valence-electron chi connectivity index (χ0n) is 15.2. The monoisotopic (exact) mass is 432 g/mol. The van der Waals surface area contributed by atoms with Gasteiger partial charge in [0.15, 0.2) is 5.82 Å². The van der Waals surface area contributed by atoms with E-state index in [2.05, 4.69) is 20.3 Å². The third-order valence-corrected chi connectivity index (χ3v) is 5.79. The lowest BCUT2D eigenvalue weighted by molar-refractivity contribution is 0.291. The van der Waals surface area contributed by atoms with Gasteiger partial charge < -0.3 is 15.1 Å². The van der Waals surface area contributed by atoms with Gasteiger partial charge in [0, 0.05) is 12.2 Å². The van der Waals surface area contributed by atoms with Crippen molar-refractivity contribution < 1.29 is 13.7 Å². The Morgan fingerprint density at radius 2 is 2.07 bits per heavy atom. The number of thioether (sulfide) groups is 1. The Labute approximate surface area is 173 Å². The van der Waals surface area contributed by atoms with Crippen LogP contribution >= 0.6 is 23.1 Å². The van der Waals surface area contributed by atoms with Gasteiger partial charge in [0.2, 0.25) is 16.9 Å². The third-order valence-electron chi connectivity index (χ3n) is 3.89. The van der Waals surface area contributed by atoms with E-state index >= 15 is 0 Å². The van der Waals surface area contributed by atoms with E-state index in [1.807, 2.05) is 17.5 Å². The topological polar surface area (TPSA) is 105 Å². The Morgan fingerprint density at radius 3 is 2.86 bits per heavy atom. The maximum atomic E-state index is 12.9. The van der Waals surface area contributed by atoms with Crippen LogP contribution in [0.1, 0.15) is 18.1 Å². The standard InChI is InChI=1S/C18H17FN6O2S2/c19-12-5-7-13(8-6-12)26-11-15-22-23-18(25(15)20)29-10-2-4-16-21-17(24-27-16)14-3-1-9-28-14/h1,3,5-9H,2,4,10-11,20H2. The Morgan fingerprint density at radius 1 is 1.21 bits per heavy atom. The summed E-state index contributed by atoms with van der Waals surface area (Å²) in [5, 5.41) is 14.7. The molecule has 0 unspecified atom stereocenters. The first-order valence-electron chi connectivity index (χ1n) is 8.76. The molecular formula is C18H17FN6O2S2. The smallest absolute Gasteiger partial charge is 0.227 e. The lowest BCUT2D eigenvalue weighted by atomic mass is 10.3. The molecule has 4 aromatic rings. The highest BCUT2D eigenvalue weighted by Crippen LogP contribution is 2.22. The van der Waals surface area contributed by atoms with E-state index in [0.29, 0.717) is 34.9 Å². The number of nitrogens with zero attached hydrogens (tertiary/aromatic N) is 5. The first-order valence-corrected chi connectivity index (χ1v) is 10.6. The molecule has 0 amide bonds. The largest absolute Gasteiger partial charge is 0.486 e. The highest BCUT2D eigenvalue weighted by atomic mass is 32.2. The van der Waals surface area contributed by atoms with Crippen LogP contribution in [0, 0.1) is 5.82 Å². The van der Waals surface area contributed by atoms with Crippen molar-refractivity contribution in [2.75, 3.05) is 11.6 Å². The van der Waals surface area contributed by atoms with Gasteiger partial charge in [-0.15, -0.1) is 21.5 Å². The molecule has 11 heteroatoms. The second-order valence-corrected chi connectivity index (χ2v) is 7.96. The molecule has 4 rings (SSSR count). The summed E-state index contributed by atoms with van der Waals surface area (Å²) in [6.45, 7) is 0.142. The van der Waals surface area contributed by atoms with Crippen LogP contribution in [0.2, 0.25) is 0 Å².